The van der Waals surface area contributed by atoms with E-state index in [1.54, 1.807) is 0 Å². The summed E-state index contributed by atoms with van der Waals surface area (Å²) in [6.45, 7) is 2.60. The molecule has 0 radical (unpaired) electrons. The summed E-state index contributed by atoms with van der Waals surface area (Å²) in [6.07, 6.45) is 1.06. The first kappa shape index (κ1) is 16.3. The Kier molecular flexibility index (Phi) is 5.56. The molecule has 2 N–H and O–H groups in total. The molecule has 2 aliphatic heterocycles. The molecule has 6 heteroatoms. The Labute approximate surface area is 141 Å². The zero-order valence-electron chi connectivity index (χ0n) is 13.2. The third-order valence-corrected chi connectivity index (χ3v) is 5.49. The van der Waals surface area contributed by atoms with Crippen molar-refractivity contribution < 1.29 is 9.59 Å². The first-order valence-corrected chi connectivity index (χ1v) is 9.30. The van der Waals surface area contributed by atoms with Gasteiger partial charge in [-0.1, -0.05) is 30.3 Å². The fourth-order valence-electron chi connectivity index (χ4n) is 3.06. The zero-order valence-corrected chi connectivity index (χ0v) is 14.0. The van der Waals surface area contributed by atoms with Gasteiger partial charge in [-0.15, -0.1) is 0 Å². The molecule has 1 aromatic rings. The molecule has 0 spiro atoms. The molecule has 1 aromatic carbocycles. The van der Waals surface area contributed by atoms with E-state index in [9.17, 15) is 9.59 Å². The molecule has 23 heavy (non-hydrogen) atoms. The number of carbonyl (C=O) groups is 2. The number of rotatable bonds is 5. The number of hydrogen-bond acceptors (Lipinski definition) is 4. The fraction of sp³-hybridized carbons (Fsp3) is 0.529. The van der Waals surface area contributed by atoms with Crippen molar-refractivity contribution in [3.63, 3.8) is 0 Å². The van der Waals surface area contributed by atoms with E-state index in [1.807, 2.05) is 17.8 Å². The van der Waals surface area contributed by atoms with Crippen LogP contribution in [0.2, 0.25) is 0 Å². The van der Waals surface area contributed by atoms with Crippen molar-refractivity contribution in [1.29, 1.82) is 0 Å². The van der Waals surface area contributed by atoms with Crippen LogP contribution in [-0.2, 0) is 16.1 Å². The van der Waals surface area contributed by atoms with Gasteiger partial charge in [0.25, 0.3) is 0 Å². The normalized spacial score (nSPS) is 25.1. The van der Waals surface area contributed by atoms with Crippen molar-refractivity contribution in [2.24, 2.45) is 0 Å². The number of amides is 2. The average Bonchev–Trinajstić information content (AvgIpc) is 3.01. The molecule has 0 aliphatic carbocycles. The average molecular weight is 333 g/mol. The van der Waals surface area contributed by atoms with Crippen molar-refractivity contribution in [1.82, 2.24) is 15.5 Å². The molecule has 2 fully saturated rings. The van der Waals surface area contributed by atoms with E-state index in [-0.39, 0.29) is 17.9 Å². The smallest absolute Gasteiger partial charge is 0.242 e. The van der Waals surface area contributed by atoms with Crippen LogP contribution in [0, 0.1) is 0 Å². The molecule has 5 nitrogen and oxygen atoms in total. The highest BCUT2D eigenvalue weighted by molar-refractivity contribution is 7.99. The maximum absolute atomic E-state index is 12.1. The van der Waals surface area contributed by atoms with E-state index in [0.717, 1.165) is 24.6 Å². The van der Waals surface area contributed by atoms with Crippen LogP contribution in [0.3, 0.4) is 0 Å². The van der Waals surface area contributed by atoms with Gasteiger partial charge in [-0.3, -0.25) is 14.5 Å². The highest BCUT2D eigenvalue weighted by Gasteiger charge is 2.29. The number of nitrogens with zero attached hydrogens (tertiary/aromatic N) is 1. The third-order valence-electron chi connectivity index (χ3n) is 4.40. The van der Waals surface area contributed by atoms with Crippen LogP contribution in [0.25, 0.3) is 0 Å². The van der Waals surface area contributed by atoms with Gasteiger partial charge in [-0.25, -0.2) is 0 Å². The summed E-state index contributed by atoms with van der Waals surface area (Å²) in [5.74, 6) is 2.09. The second-order valence-corrected chi connectivity index (χ2v) is 7.24. The van der Waals surface area contributed by atoms with E-state index in [2.05, 4.69) is 39.8 Å². The summed E-state index contributed by atoms with van der Waals surface area (Å²) in [5, 5.41) is 5.74. The molecule has 2 amide bonds. The Balaban J connectivity index is 1.52. The van der Waals surface area contributed by atoms with Gasteiger partial charge in [0.05, 0.1) is 0 Å². The number of hydrogen-bond donors (Lipinski definition) is 2. The predicted molar refractivity (Wildman–Crippen MR) is 92.1 cm³/mol. The Morgan fingerprint density at radius 1 is 1.35 bits per heavy atom. The SMILES string of the molecule is O=C1CC[C@H](C(=O)NCC2CSCCN2Cc2ccccc2)N1. The van der Waals surface area contributed by atoms with Gasteiger partial charge in [-0.05, 0) is 12.0 Å². The van der Waals surface area contributed by atoms with Crippen molar-refractivity contribution in [2.75, 3.05) is 24.6 Å². The molecule has 2 aliphatic rings. The minimum Gasteiger partial charge on any atom is -0.353 e. The van der Waals surface area contributed by atoms with Crippen molar-refractivity contribution in [3.8, 4) is 0 Å². The predicted octanol–water partition coefficient (Wildman–Crippen LogP) is 0.999. The Morgan fingerprint density at radius 3 is 2.91 bits per heavy atom. The summed E-state index contributed by atoms with van der Waals surface area (Å²) in [7, 11) is 0. The molecule has 2 saturated heterocycles. The summed E-state index contributed by atoms with van der Waals surface area (Å²) in [4.78, 5) is 25.8. The summed E-state index contributed by atoms with van der Waals surface area (Å²) in [6, 6.07) is 10.4. The maximum Gasteiger partial charge on any atom is 0.242 e. The zero-order chi connectivity index (χ0) is 16.1. The molecule has 1 unspecified atom stereocenters. The van der Waals surface area contributed by atoms with Crippen LogP contribution in [0.5, 0.6) is 0 Å². The van der Waals surface area contributed by atoms with Crippen LogP contribution in [0.15, 0.2) is 30.3 Å². The molecular weight excluding hydrogens is 310 g/mol. The van der Waals surface area contributed by atoms with Gasteiger partial charge in [0.1, 0.15) is 6.04 Å². The summed E-state index contributed by atoms with van der Waals surface area (Å²) in [5.41, 5.74) is 1.30. The highest BCUT2D eigenvalue weighted by atomic mass is 32.2. The van der Waals surface area contributed by atoms with Gasteiger partial charge in [-0.2, -0.15) is 11.8 Å². The van der Waals surface area contributed by atoms with Gasteiger partial charge in [0, 0.05) is 43.6 Å². The van der Waals surface area contributed by atoms with Crippen molar-refractivity contribution >= 4 is 23.6 Å². The number of nitrogens with one attached hydrogen (secondary N) is 2. The minimum absolute atomic E-state index is 0.0240. The lowest BCUT2D eigenvalue weighted by molar-refractivity contribution is -0.125. The Morgan fingerprint density at radius 2 is 2.17 bits per heavy atom. The first-order chi connectivity index (χ1) is 11.2. The minimum atomic E-state index is -0.346. The van der Waals surface area contributed by atoms with E-state index in [1.165, 1.54) is 5.56 Å². The third kappa shape index (κ3) is 4.48. The molecule has 0 bridgehead atoms. The van der Waals surface area contributed by atoms with Gasteiger partial charge in [0.2, 0.25) is 11.8 Å². The maximum atomic E-state index is 12.1. The molecule has 3 rings (SSSR count). The summed E-state index contributed by atoms with van der Waals surface area (Å²) < 4.78 is 0. The monoisotopic (exact) mass is 333 g/mol. The summed E-state index contributed by atoms with van der Waals surface area (Å²) >= 11 is 1.94. The Bertz CT molecular complexity index is 552. The first-order valence-electron chi connectivity index (χ1n) is 8.15. The molecule has 2 atom stereocenters. The van der Waals surface area contributed by atoms with Crippen LogP contribution in [0.1, 0.15) is 18.4 Å². The van der Waals surface area contributed by atoms with E-state index < -0.39 is 0 Å². The second kappa shape index (κ2) is 7.84. The second-order valence-electron chi connectivity index (χ2n) is 6.09. The lowest BCUT2D eigenvalue weighted by Crippen LogP contribution is -2.51. The molecule has 0 saturated carbocycles. The molecular formula is C17H23N3O2S. The standard InChI is InChI=1S/C17H23N3O2S/c21-16-7-6-15(19-16)17(22)18-10-14-12-23-9-8-20(14)11-13-4-2-1-3-5-13/h1-5,14-15H,6-12H2,(H,18,22)(H,19,21)/t14?,15-/m1/s1. The number of carbonyl (C=O) groups excluding carboxylic acids is 2. The quantitative estimate of drug-likeness (QED) is 0.844. The molecule has 124 valence electrons. The van der Waals surface area contributed by atoms with Crippen LogP contribution >= 0.6 is 11.8 Å². The number of thioether (sulfide) groups is 1. The largest absolute Gasteiger partial charge is 0.353 e. The van der Waals surface area contributed by atoms with Crippen LogP contribution in [-0.4, -0.2) is 53.4 Å². The topological polar surface area (TPSA) is 61.4 Å². The van der Waals surface area contributed by atoms with E-state index >= 15 is 0 Å². The van der Waals surface area contributed by atoms with Gasteiger partial charge < -0.3 is 10.6 Å². The van der Waals surface area contributed by atoms with Gasteiger partial charge in [0.15, 0.2) is 0 Å². The van der Waals surface area contributed by atoms with Crippen LogP contribution in [0.4, 0.5) is 0 Å². The molecule has 2 heterocycles. The van der Waals surface area contributed by atoms with Crippen molar-refractivity contribution in [2.45, 2.75) is 31.5 Å². The van der Waals surface area contributed by atoms with E-state index in [0.29, 0.717) is 25.4 Å². The van der Waals surface area contributed by atoms with Crippen molar-refractivity contribution in [3.05, 3.63) is 35.9 Å². The fourth-order valence-corrected chi connectivity index (χ4v) is 4.19. The van der Waals surface area contributed by atoms with E-state index in [4.69, 9.17) is 0 Å². The Hall–Kier alpha value is -1.53. The van der Waals surface area contributed by atoms with Gasteiger partial charge >= 0.3 is 0 Å². The molecule has 0 aromatic heterocycles. The lowest BCUT2D eigenvalue weighted by Gasteiger charge is -2.35. The highest BCUT2D eigenvalue weighted by Crippen LogP contribution is 2.19. The van der Waals surface area contributed by atoms with Crippen LogP contribution < -0.4 is 10.6 Å². The lowest BCUT2D eigenvalue weighted by atomic mass is 10.1. The number of benzene rings is 1.